The van der Waals surface area contributed by atoms with Gasteiger partial charge >= 0.3 is 0 Å². The van der Waals surface area contributed by atoms with Crippen molar-refractivity contribution in [3.8, 4) is 11.5 Å². The van der Waals surface area contributed by atoms with Crippen LogP contribution in [0.15, 0.2) is 56.1 Å². The van der Waals surface area contributed by atoms with Gasteiger partial charge in [-0.1, -0.05) is 15.9 Å². The van der Waals surface area contributed by atoms with Gasteiger partial charge in [0.2, 0.25) is 0 Å². The summed E-state index contributed by atoms with van der Waals surface area (Å²) in [6, 6.07) is 10.0. The third kappa shape index (κ3) is 2.21. The summed E-state index contributed by atoms with van der Waals surface area (Å²) in [5, 5.41) is 1.06. The zero-order valence-corrected chi connectivity index (χ0v) is 14.3. The molecule has 0 radical (unpaired) electrons. The monoisotopic (exact) mass is 404 g/mol. The lowest BCUT2D eigenvalue weighted by Gasteiger charge is -1.98. The Balaban J connectivity index is 1.91. The topological polar surface area (TPSA) is 30.4 Å². The molecule has 0 aliphatic rings. The largest absolute Gasteiger partial charge is 0.454 e. The Morgan fingerprint density at radius 2 is 1.95 bits per heavy atom. The molecule has 0 fully saturated rings. The number of hydrogen-bond donors (Lipinski definition) is 0. The van der Waals surface area contributed by atoms with Crippen molar-refractivity contribution in [2.45, 2.75) is 6.92 Å². The van der Waals surface area contributed by atoms with Crippen LogP contribution in [0, 0.1) is 6.92 Å². The molecule has 0 atom stereocenters. The van der Waals surface area contributed by atoms with Crippen molar-refractivity contribution in [1.29, 1.82) is 0 Å². The second kappa shape index (κ2) is 4.71. The van der Waals surface area contributed by atoms with Gasteiger partial charge in [-0.2, -0.15) is 0 Å². The SMILES string of the molecule is Cc1cc2nc(-c3cc4cc(Br)ccc4o3)cn2cc1Br. The molecule has 3 heterocycles. The Bertz CT molecular complexity index is 946. The molecular formula is C16H10Br2N2O. The second-order valence-corrected chi connectivity index (χ2v) is 6.76. The van der Waals surface area contributed by atoms with E-state index in [0.717, 1.165) is 42.6 Å². The van der Waals surface area contributed by atoms with Crippen LogP contribution in [0.1, 0.15) is 5.56 Å². The predicted molar refractivity (Wildman–Crippen MR) is 90.5 cm³/mol. The maximum absolute atomic E-state index is 5.89. The molecule has 4 aromatic rings. The zero-order valence-electron chi connectivity index (χ0n) is 11.1. The molecule has 21 heavy (non-hydrogen) atoms. The Morgan fingerprint density at radius 1 is 1.10 bits per heavy atom. The summed E-state index contributed by atoms with van der Waals surface area (Å²) in [5.74, 6) is 0.778. The minimum absolute atomic E-state index is 0.778. The van der Waals surface area contributed by atoms with Crippen LogP contribution in [0.5, 0.6) is 0 Å². The van der Waals surface area contributed by atoms with E-state index in [1.165, 1.54) is 0 Å². The van der Waals surface area contributed by atoms with Gasteiger partial charge in [0.25, 0.3) is 0 Å². The standard InChI is InChI=1S/C16H10Br2N2O/c1-9-4-16-19-13(8-20(16)7-12(9)18)15-6-10-5-11(17)2-3-14(10)21-15/h2-8H,1H3. The van der Waals surface area contributed by atoms with Crippen LogP contribution in [-0.4, -0.2) is 9.38 Å². The smallest absolute Gasteiger partial charge is 0.155 e. The van der Waals surface area contributed by atoms with Crippen LogP contribution in [0.2, 0.25) is 0 Å². The van der Waals surface area contributed by atoms with Crippen molar-refractivity contribution in [2.75, 3.05) is 0 Å². The van der Waals surface area contributed by atoms with E-state index in [0.29, 0.717) is 0 Å². The van der Waals surface area contributed by atoms with Crippen LogP contribution in [0.3, 0.4) is 0 Å². The summed E-state index contributed by atoms with van der Waals surface area (Å²) in [6.45, 7) is 2.05. The number of hydrogen-bond acceptors (Lipinski definition) is 2. The van der Waals surface area contributed by atoms with Gasteiger partial charge in [0, 0.05) is 26.7 Å². The van der Waals surface area contributed by atoms with Crippen molar-refractivity contribution >= 4 is 48.5 Å². The first-order chi connectivity index (χ1) is 10.1. The number of imidazole rings is 1. The Labute approximate surface area is 137 Å². The van der Waals surface area contributed by atoms with Crippen molar-refractivity contribution < 1.29 is 4.42 Å². The zero-order chi connectivity index (χ0) is 14.6. The summed E-state index contributed by atoms with van der Waals surface area (Å²) >= 11 is 7.02. The van der Waals surface area contributed by atoms with Crippen molar-refractivity contribution in [3.05, 3.63) is 57.2 Å². The molecule has 0 saturated carbocycles. The molecule has 0 N–H and O–H groups in total. The van der Waals surface area contributed by atoms with Gasteiger partial charge in [-0.15, -0.1) is 0 Å². The van der Waals surface area contributed by atoms with E-state index < -0.39 is 0 Å². The fourth-order valence-corrected chi connectivity index (χ4v) is 3.08. The van der Waals surface area contributed by atoms with E-state index in [9.17, 15) is 0 Å². The lowest BCUT2D eigenvalue weighted by molar-refractivity contribution is 0.629. The Kier molecular flexibility index (Phi) is 2.94. The van der Waals surface area contributed by atoms with Gasteiger partial charge in [0.1, 0.15) is 16.9 Å². The van der Waals surface area contributed by atoms with E-state index in [2.05, 4.69) is 43.8 Å². The number of benzene rings is 1. The first-order valence-corrected chi connectivity index (χ1v) is 8.03. The number of halogens is 2. The van der Waals surface area contributed by atoms with Gasteiger partial charge in [-0.3, -0.25) is 0 Å². The lowest BCUT2D eigenvalue weighted by Crippen LogP contribution is -1.85. The van der Waals surface area contributed by atoms with E-state index >= 15 is 0 Å². The van der Waals surface area contributed by atoms with E-state index in [4.69, 9.17) is 4.42 Å². The van der Waals surface area contributed by atoms with Crippen molar-refractivity contribution in [3.63, 3.8) is 0 Å². The summed E-state index contributed by atoms with van der Waals surface area (Å²) in [7, 11) is 0. The number of furan rings is 1. The van der Waals surface area contributed by atoms with Gasteiger partial charge in [0.15, 0.2) is 5.76 Å². The lowest BCUT2D eigenvalue weighted by atomic mass is 10.2. The number of nitrogens with zero attached hydrogens (tertiary/aromatic N) is 2. The number of aromatic nitrogens is 2. The fraction of sp³-hybridized carbons (Fsp3) is 0.0625. The summed E-state index contributed by atoms with van der Waals surface area (Å²) < 4.78 is 9.99. The first-order valence-electron chi connectivity index (χ1n) is 6.44. The van der Waals surface area contributed by atoms with Crippen LogP contribution < -0.4 is 0 Å². The van der Waals surface area contributed by atoms with E-state index in [-0.39, 0.29) is 0 Å². The number of aryl methyl sites for hydroxylation is 1. The number of rotatable bonds is 1. The van der Waals surface area contributed by atoms with Crippen LogP contribution in [0.25, 0.3) is 28.1 Å². The first kappa shape index (κ1) is 13.1. The van der Waals surface area contributed by atoms with Crippen LogP contribution in [0.4, 0.5) is 0 Å². The van der Waals surface area contributed by atoms with Crippen molar-refractivity contribution in [1.82, 2.24) is 9.38 Å². The van der Waals surface area contributed by atoms with Gasteiger partial charge in [-0.05, 0) is 58.7 Å². The minimum atomic E-state index is 0.778. The van der Waals surface area contributed by atoms with Gasteiger partial charge in [-0.25, -0.2) is 4.98 Å². The molecule has 0 unspecified atom stereocenters. The Morgan fingerprint density at radius 3 is 2.81 bits per heavy atom. The quantitative estimate of drug-likeness (QED) is 0.413. The van der Waals surface area contributed by atoms with Gasteiger partial charge in [0.05, 0.1) is 0 Å². The molecule has 5 heteroatoms. The molecule has 0 aliphatic heterocycles. The van der Waals surface area contributed by atoms with Crippen LogP contribution in [-0.2, 0) is 0 Å². The second-order valence-electron chi connectivity index (χ2n) is 4.99. The normalized spacial score (nSPS) is 11.6. The highest BCUT2D eigenvalue weighted by molar-refractivity contribution is 9.10. The number of pyridine rings is 1. The van der Waals surface area contributed by atoms with E-state index in [1.54, 1.807) is 0 Å². The van der Waals surface area contributed by atoms with Gasteiger partial charge < -0.3 is 8.82 Å². The fourth-order valence-electron chi connectivity index (χ4n) is 2.36. The maximum atomic E-state index is 5.89. The molecule has 0 saturated heterocycles. The highest BCUT2D eigenvalue weighted by Crippen LogP contribution is 2.30. The summed E-state index contributed by atoms with van der Waals surface area (Å²) in [6.07, 6.45) is 3.99. The average molecular weight is 406 g/mol. The molecule has 3 aromatic heterocycles. The van der Waals surface area contributed by atoms with Crippen molar-refractivity contribution in [2.24, 2.45) is 0 Å². The average Bonchev–Trinajstić information content (AvgIpc) is 3.02. The maximum Gasteiger partial charge on any atom is 0.155 e. The number of fused-ring (bicyclic) bond motifs is 2. The van der Waals surface area contributed by atoms with E-state index in [1.807, 2.05) is 47.1 Å². The molecular weight excluding hydrogens is 396 g/mol. The summed E-state index contributed by atoms with van der Waals surface area (Å²) in [4.78, 5) is 4.64. The molecule has 0 spiro atoms. The molecule has 0 bridgehead atoms. The van der Waals surface area contributed by atoms with Crippen LogP contribution >= 0.6 is 31.9 Å². The molecule has 0 aliphatic carbocycles. The highest BCUT2D eigenvalue weighted by atomic mass is 79.9. The molecule has 0 amide bonds. The molecule has 1 aromatic carbocycles. The molecule has 3 nitrogen and oxygen atoms in total. The third-order valence-corrected chi connectivity index (χ3v) is 4.79. The minimum Gasteiger partial charge on any atom is -0.454 e. The third-order valence-electron chi connectivity index (χ3n) is 3.47. The highest BCUT2D eigenvalue weighted by Gasteiger charge is 2.11. The predicted octanol–water partition coefficient (Wildman–Crippen LogP) is 5.58. The molecule has 4 rings (SSSR count). The summed E-state index contributed by atoms with van der Waals surface area (Å²) in [5.41, 5.74) is 3.77. The Hall–Kier alpha value is -1.59. The molecule has 104 valence electrons.